The zero-order valence-corrected chi connectivity index (χ0v) is 7.40. The maximum atomic E-state index is 12.5. The average Bonchev–Trinajstić information content (AvgIpc) is 2.98. The van der Waals surface area contributed by atoms with E-state index in [1.54, 1.807) is 0 Å². The van der Waals surface area contributed by atoms with Crippen LogP contribution in [0.5, 0.6) is 0 Å². The van der Waals surface area contributed by atoms with E-state index in [4.69, 9.17) is 5.11 Å². The molecular formula is C9H9FN2O2. The summed E-state index contributed by atoms with van der Waals surface area (Å²) < 4.78 is 12.5. The third-order valence-corrected chi connectivity index (χ3v) is 2.51. The second kappa shape index (κ2) is 3.01. The molecule has 1 fully saturated rings. The predicted molar refractivity (Wildman–Crippen MR) is 45.4 cm³/mol. The van der Waals surface area contributed by atoms with E-state index in [9.17, 15) is 9.18 Å². The van der Waals surface area contributed by atoms with E-state index in [1.165, 1.54) is 12.4 Å². The van der Waals surface area contributed by atoms with Gasteiger partial charge in [-0.25, -0.2) is 4.39 Å². The van der Waals surface area contributed by atoms with Gasteiger partial charge in [0, 0.05) is 12.4 Å². The van der Waals surface area contributed by atoms with Crippen LogP contribution in [0.3, 0.4) is 0 Å². The number of aliphatic carboxylic acids is 1. The Morgan fingerprint density at radius 1 is 1.50 bits per heavy atom. The van der Waals surface area contributed by atoms with Gasteiger partial charge >= 0.3 is 5.97 Å². The van der Waals surface area contributed by atoms with Gasteiger partial charge in [-0.05, 0) is 12.8 Å². The van der Waals surface area contributed by atoms with Gasteiger partial charge in [-0.1, -0.05) is 0 Å². The lowest BCUT2D eigenvalue weighted by atomic mass is 10.0. The number of alkyl halides is 1. The molecule has 0 spiro atoms. The Bertz CT molecular complexity index is 377. The highest BCUT2D eigenvalue weighted by molar-refractivity contribution is 5.84. The van der Waals surface area contributed by atoms with Gasteiger partial charge in [0.1, 0.15) is 12.1 Å². The van der Waals surface area contributed by atoms with Crippen LogP contribution >= 0.6 is 0 Å². The van der Waals surface area contributed by atoms with Gasteiger partial charge in [0.25, 0.3) is 0 Å². The minimum atomic E-state index is -0.963. The number of nitrogens with zero attached hydrogens (tertiary/aromatic N) is 2. The molecule has 5 heteroatoms. The number of halogens is 1. The number of hydrogen-bond donors (Lipinski definition) is 1. The molecule has 14 heavy (non-hydrogen) atoms. The fraction of sp³-hybridized carbons (Fsp3) is 0.444. The number of hydrogen-bond acceptors (Lipinski definition) is 3. The highest BCUT2D eigenvalue weighted by Gasteiger charge is 2.54. The van der Waals surface area contributed by atoms with Gasteiger partial charge in [0.05, 0.1) is 11.4 Å². The van der Waals surface area contributed by atoms with Gasteiger partial charge in [-0.2, -0.15) is 0 Å². The van der Waals surface area contributed by atoms with Crippen molar-refractivity contribution in [1.82, 2.24) is 9.97 Å². The highest BCUT2D eigenvalue weighted by atomic mass is 19.1. The van der Waals surface area contributed by atoms with Crippen LogP contribution in [0.15, 0.2) is 12.4 Å². The lowest BCUT2D eigenvalue weighted by molar-refractivity contribution is -0.140. The Labute approximate surface area is 79.8 Å². The molecule has 74 valence electrons. The van der Waals surface area contributed by atoms with E-state index in [-0.39, 0.29) is 11.4 Å². The van der Waals surface area contributed by atoms with Crippen molar-refractivity contribution in [2.45, 2.75) is 24.9 Å². The van der Waals surface area contributed by atoms with Crippen LogP contribution in [0.4, 0.5) is 4.39 Å². The van der Waals surface area contributed by atoms with E-state index < -0.39 is 18.1 Å². The van der Waals surface area contributed by atoms with Gasteiger partial charge in [-0.15, -0.1) is 0 Å². The Morgan fingerprint density at radius 2 is 2.14 bits per heavy atom. The number of aromatic nitrogens is 2. The lowest BCUT2D eigenvalue weighted by Crippen LogP contribution is -2.23. The first-order chi connectivity index (χ1) is 6.70. The van der Waals surface area contributed by atoms with Crippen LogP contribution in [0, 0.1) is 0 Å². The molecule has 1 aliphatic carbocycles. The largest absolute Gasteiger partial charge is 0.481 e. The van der Waals surface area contributed by atoms with Crippen LogP contribution in [0.25, 0.3) is 0 Å². The molecule has 0 atom stereocenters. The Hall–Kier alpha value is -1.52. The molecular weight excluding hydrogens is 187 g/mol. The Morgan fingerprint density at radius 3 is 2.64 bits per heavy atom. The molecule has 4 nitrogen and oxygen atoms in total. The van der Waals surface area contributed by atoms with Crippen molar-refractivity contribution in [1.29, 1.82) is 0 Å². The monoisotopic (exact) mass is 196 g/mol. The van der Waals surface area contributed by atoms with Crippen LogP contribution in [-0.2, 0) is 16.9 Å². The molecule has 0 amide bonds. The Balaban J connectivity index is 2.46. The van der Waals surface area contributed by atoms with Crippen molar-refractivity contribution < 1.29 is 14.3 Å². The second-order valence-corrected chi connectivity index (χ2v) is 3.37. The second-order valence-electron chi connectivity index (χ2n) is 3.37. The van der Waals surface area contributed by atoms with Crippen molar-refractivity contribution in [2.75, 3.05) is 0 Å². The summed E-state index contributed by atoms with van der Waals surface area (Å²) in [6, 6.07) is 0. The molecule has 1 heterocycles. The molecule has 0 aliphatic heterocycles. The van der Waals surface area contributed by atoms with Crippen molar-refractivity contribution in [3.63, 3.8) is 0 Å². The number of carbonyl (C=O) groups is 1. The fourth-order valence-corrected chi connectivity index (χ4v) is 1.54. The third-order valence-electron chi connectivity index (χ3n) is 2.51. The molecule has 1 saturated carbocycles. The Kier molecular flexibility index (Phi) is 1.94. The topological polar surface area (TPSA) is 63.1 Å². The van der Waals surface area contributed by atoms with Gasteiger partial charge in [0.2, 0.25) is 0 Å². The number of rotatable bonds is 3. The molecule has 1 aromatic heterocycles. The highest BCUT2D eigenvalue weighted by Crippen LogP contribution is 2.48. The van der Waals surface area contributed by atoms with Crippen LogP contribution in [0.1, 0.15) is 24.2 Å². The summed E-state index contributed by atoms with van der Waals surface area (Å²) in [6.45, 7) is -0.766. The maximum absolute atomic E-state index is 12.5. The molecule has 2 rings (SSSR count). The van der Waals surface area contributed by atoms with Gasteiger partial charge in [-0.3, -0.25) is 14.8 Å². The average molecular weight is 196 g/mol. The van der Waals surface area contributed by atoms with Gasteiger partial charge in [0.15, 0.2) is 0 Å². The van der Waals surface area contributed by atoms with E-state index in [0.29, 0.717) is 12.8 Å². The van der Waals surface area contributed by atoms with Crippen molar-refractivity contribution in [2.24, 2.45) is 0 Å². The smallest absolute Gasteiger partial charge is 0.315 e. The van der Waals surface area contributed by atoms with Crippen LogP contribution < -0.4 is 0 Å². The van der Waals surface area contributed by atoms with E-state index in [0.717, 1.165) is 0 Å². The summed E-state index contributed by atoms with van der Waals surface area (Å²) in [5.74, 6) is -0.937. The minimum absolute atomic E-state index is 0.146. The summed E-state index contributed by atoms with van der Waals surface area (Å²) in [7, 11) is 0. The van der Waals surface area contributed by atoms with Gasteiger partial charge < -0.3 is 5.11 Å². The molecule has 0 bridgehead atoms. The first-order valence-electron chi connectivity index (χ1n) is 4.30. The SMILES string of the molecule is O=C(O)C1(c2nccnc2CF)CC1. The fourth-order valence-electron chi connectivity index (χ4n) is 1.54. The van der Waals surface area contributed by atoms with Crippen molar-refractivity contribution in [3.05, 3.63) is 23.8 Å². The molecule has 0 aromatic carbocycles. The minimum Gasteiger partial charge on any atom is -0.481 e. The van der Waals surface area contributed by atoms with E-state index >= 15 is 0 Å². The molecule has 0 unspecified atom stereocenters. The van der Waals surface area contributed by atoms with E-state index in [2.05, 4.69) is 9.97 Å². The van der Waals surface area contributed by atoms with Crippen LogP contribution in [0.2, 0.25) is 0 Å². The maximum Gasteiger partial charge on any atom is 0.315 e. The first kappa shape index (κ1) is 9.05. The zero-order valence-electron chi connectivity index (χ0n) is 7.40. The molecule has 0 saturated heterocycles. The molecule has 1 aromatic rings. The molecule has 0 radical (unpaired) electrons. The first-order valence-corrected chi connectivity index (χ1v) is 4.30. The number of carboxylic acids is 1. The summed E-state index contributed by atoms with van der Waals surface area (Å²) in [5.41, 5.74) is -0.530. The van der Waals surface area contributed by atoms with Crippen molar-refractivity contribution >= 4 is 5.97 Å². The normalized spacial score (nSPS) is 17.8. The molecule has 1 aliphatic rings. The van der Waals surface area contributed by atoms with Crippen LogP contribution in [-0.4, -0.2) is 21.0 Å². The standard InChI is InChI=1S/C9H9FN2O2/c10-5-6-7(12-4-3-11-6)9(1-2-9)8(13)14/h3-4H,1-2,5H2,(H,13,14). The third kappa shape index (κ3) is 1.16. The summed E-state index contributed by atoms with van der Waals surface area (Å²) in [4.78, 5) is 18.7. The molecule has 1 N–H and O–H groups in total. The van der Waals surface area contributed by atoms with E-state index in [1.807, 2.05) is 0 Å². The summed E-state index contributed by atoms with van der Waals surface area (Å²) in [6.07, 6.45) is 3.82. The van der Waals surface area contributed by atoms with Crippen molar-refractivity contribution in [3.8, 4) is 0 Å². The summed E-state index contributed by atoms with van der Waals surface area (Å²) in [5, 5.41) is 8.99. The zero-order chi connectivity index (χ0) is 10.2. The summed E-state index contributed by atoms with van der Waals surface area (Å²) >= 11 is 0. The number of carboxylic acid groups (broad SMARTS) is 1. The predicted octanol–water partition coefficient (Wildman–Crippen LogP) is 1.06. The lowest BCUT2D eigenvalue weighted by Gasteiger charge is -2.10. The quantitative estimate of drug-likeness (QED) is 0.785.